The molecule has 0 aromatic carbocycles. The van der Waals surface area contributed by atoms with Crippen molar-refractivity contribution in [3.63, 3.8) is 0 Å². The third-order valence-corrected chi connectivity index (χ3v) is 4.47. The van der Waals surface area contributed by atoms with E-state index in [0.717, 1.165) is 17.0 Å². The number of hydrogen-bond acceptors (Lipinski definition) is 2. The number of carbonyl (C=O) groups excluding carboxylic acids is 1. The first kappa shape index (κ1) is 13.3. The van der Waals surface area contributed by atoms with Crippen LogP contribution in [0, 0.1) is 11.8 Å². The molecule has 3 heteroatoms. The molecule has 0 spiro atoms. The molecular weight excluding hydrogens is 272 g/mol. The first-order chi connectivity index (χ1) is 7.27. The van der Waals surface area contributed by atoms with E-state index in [2.05, 4.69) is 22.0 Å². The summed E-state index contributed by atoms with van der Waals surface area (Å²) in [7, 11) is 0. The van der Waals surface area contributed by atoms with E-state index in [1.807, 2.05) is 6.92 Å². The average molecular weight is 291 g/mol. The van der Waals surface area contributed by atoms with Crippen LogP contribution in [0.3, 0.4) is 0 Å². The molecule has 0 amide bonds. The molecule has 1 saturated carbocycles. The van der Waals surface area contributed by atoms with Crippen LogP contribution in [0.1, 0.15) is 32.6 Å². The van der Waals surface area contributed by atoms with E-state index in [4.69, 9.17) is 0 Å². The molecule has 1 aliphatic carbocycles. The summed E-state index contributed by atoms with van der Waals surface area (Å²) < 4.78 is 0. The zero-order chi connectivity index (χ0) is 11.1. The summed E-state index contributed by atoms with van der Waals surface area (Å²) >= 11 is 4.96. The Labute approximate surface area is 105 Å². The fraction of sp³-hybridized carbons (Fsp3) is 0.750. The number of alkyl halides is 1. The monoisotopic (exact) mass is 290 g/mol. The van der Waals surface area contributed by atoms with Gasteiger partial charge in [0.25, 0.3) is 0 Å². The smallest absolute Gasteiger partial charge is 0.211 e. The molecule has 0 saturated heterocycles. The zero-order valence-corrected chi connectivity index (χ0v) is 11.6. The van der Waals surface area contributed by atoms with Gasteiger partial charge < -0.3 is 0 Å². The summed E-state index contributed by atoms with van der Waals surface area (Å²) in [6, 6.07) is 0. The van der Waals surface area contributed by atoms with Crippen molar-refractivity contribution >= 4 is 32.8 Å². The van der Waals surface area contributed by atoms with E-state index in [1.165, 1.54) is 37.4 Å². The number of hydrogen-bond donors (Lipinski definition) is 0. The van der Waals surface area contributed by atoms with Crippen molar-refractivity contribution < 1.29 is 4.79 Å². The third-order valence-electron chi connectivity index (χ3n) is 2.93. The minimum Gasteiger partial charge on any atom is -0.282 e. The van der Waals surface area contributed by atoms with Gasteiger partial charge in [0.1, 0.15) is 0 Å². The molecule has 0 aromatic heterocycles. The molecule has 15 heavy (non-hydrogen) atoms. The van der Waals surface area contributed by atoms with E-state index < -0.39 is 0 Å². The van der Waals surface area contributed by atoms with Crippen molar-refractivity contribution in [2.45, 2.75) is 32.6 Å². The van der Waals surface area contributed by atoms with Crippen LogP contribution in [0.15, 0.2) is 12.2 Å². The van der Waals surface area contributed by atoms with Gasteiger partial charge in [0.05, 0.1) is 0 Å². The summed E-state index contributed by atoms with van der Waals surface area (Å²) in [5, 5.41) is 1.27. The molecule has 2 atom stereocenters. The summed E-state index contributed by atoms with van der Waals surface area (Å²) in [4.78, 5) is 11.3. The van der Waals surface area contributed by atoms with E-state index in [-0.39, 0.29) is 5.12 Å². The second kappa shape index (κ2) is 7.50. The standard InChI is InChI=1S/C12H19BrOS/c1-2-15-12(14)8-7-10-5-3-4-6-11(10)9-13/h7-8,10-11H,2-6,9H2,1H3/b8-7+. The maximum absolute atomic E-state index is 11.3. The van der Waals surface area contributed by atoms with Gasteiger partial charge in [-0.15, -0.1) is 0 Å². The van der Waals surface area contributed by atoms with Gasteiger partial charge in [0.15, 0.2) is 0 Å². The van der Waals surface area contributed by atoms with Crippen molar-refractivity contribution in [2.75, 3.05) is 11.1 Å². The predicted molar refractivity (Wildman–Crippen MR) is 71.5 cm³/mol. The quantitative estimate of drug-likeness (QED) is 0.575. The summed E-state index contributed by atoms with van der Waals surface area (Å²) in [5.74, 6) is 2.21. The topological polar surface area (TPSA) is 17.1 Å². The van der Waals surface area contributed by atoms with E-state index in [0.29, 0.717) is 5.92 Å². The molecule has 0 aliphatic heterocycles. The van der Waals surface area contributed by atoms with Crippen molar-refractivity contribution in [2.24, 2.45) is 11.8 Å². The second-order valence-corrected chi connectivity index (χ2v) is 5.89. The van der Waals surface area contributed by atoms with Crippen molar-refractivity contribution in [1.82, 2.24) is 0 Å². The van der Waals surface area contributed by atoms with Gasteiger partial charge in [-0.2, -0.15) is 0 Å². The van der Waals surface area contributed by atoms with Gasteiger partial charge in [-0.25, -0.2) is 0 Å². The Kier molecular flexibility index (Phi) is 6.66. The lowest BCUT2D eigenvalue weighted by Gasteiger charge is -2.27. The lowest BCUT2D eigenvalue weighted by atomic mass is 9.80. The fourth-order valence-electron chi connectivity index (χ4n) is 2.07. The van der Waals surface area contributed by atoms with Gasteiger partial charge in [0.2, 0.25) is 5.12 Å². The Bertz CT molecular complexity index is 228. The highest BCUT2D eigenvalue weighted by atomic mass is 79.9. The maximum atomic E-state index is 11.3. The number of carbonyl (C=O) groups is 1. The van der Waals surface area contributed by atoms with Crippen LogP contribution >= 0.6 is 27.7 Å². The number of rotatable bonds is 4. The Morgan fingerprint density at radius 1 is 1.47 bits per heavy atom. The van der Waals surface area contributed by atoms with Crippen molar-refractivity contribution in [1.29, 1.82) is 0 Å². The average Bonchev–Trinajstić information content (AvgIpc) is 2.27. The molecule has 1 aliphatic rings. The lowest BCUT2D eigenvalue weighted by Crippen LogP contribution is -2.18. The predicted octanol–water partition coefficient (Wildman–Crippen LogP) is 4.02. The maximum Gasteiger partial charge on any atom is 0.211 e. The minimum atomic E-state index is 0.205. The fourth-order valence-corrected chi connectivity index (χ4v) is 3.34. The third kappa shape index (κ3) is 4.73. The van der Waals surface area contributed by atoms with Crippen LogP contribution in [-0.2, 0) is 4.79 Å². The van der Waals surface area contributed by atoms with E-state index in [9.17, 15) is 4.79 Å². The lowest BCUT2D eigenvalue weighted by molar-refractivity contribution is -0.107. The van der Waals surface area contributed by atoms with Crippen LogP contribution in [0.25, 0.3) is 0 Å². The largest absolute Gasteiger partial charge is 0.282 e. The van der Waals surface area contributed by atoms with Crippen LogP contribution in [0.4, 0.5) is 0 Å². The first-order valence-electron chi connectivity index (χ1n) is 5.68. The van der Waals surface area contributed by atoms with Gasteiger partial charge in [0, 0.05) is 5.33 Å². The number of halogens is 1. The van der Waals surface area contributed by atoms with E-state index >= 15 is 0 Å². The van der Waals surface area contributed by atoms with Gasteiger partial charge in [-0.05, 0) is 36.5 Å². The van der Waals surface area contributed by atoms with Crippen molar-refractivity contribution in [3.05, 3.63) is 12.2 Å². The zero-order valence-electron chi connectivity index (χ0n) is 9.25. The van der Waals surface area contributed by atoms with Crippen LogP contribution < -0.4 is 0 Å². The molecule has 0 N–H and O–H groups in total. The highest BCUT2D eigenvalue weighted by molar-refractivity contribution is 9.09. The SMILES string of the molecule is CCSC(=O)/C=C/C1CCCCC1CBr. The second-order valence-electron chi connectivity index (χ2n) is 3.97. The van der Waals surface area contributed by atoms with Gasteiger partial charge in [-0.3, -0.25) is 4.79 Å². The Morgan fingerprint density at radius 2 is 2.20 bits per heavy atom. The Hall–Kier alpha value is 0.240. The molecule has 1 nitrogen and oxygen atoms in total. The minimum absolute atomic E-state index is 0.205. The van der Waals surface area contributed by atoms with Gasteiger partial charge in [-0.1, -0.05) is 53.5 Å². The Morgan fingerprint density at radius 3 is 2.87 bits per heavy atom. The highest BCUT2D eigenvalue weighted by Gasteiger charge is 2.21. The molecule has 1 fully saturated rings. The van der Waals surface area contributed by atoms with Crippen LogP contribution in [0.2, 0.25) is 0 Å². The van der Waals surface area contributed by atoms with E-state index in [1.54, 1.807) is 6.08 Å². The number of thioether (sulfide) groups is 1. The molecule has 2 unspecified atom stereocenters. The molecule has 86 valence electrons. The van der Waals surface area contributed by atoms with Crippen molar-refractivity contribution in [3.8, 4) is 0 Å². The molecule has 0 radical (unpaired) electrons. The molecule has 0 aromatic rings. The molecule has 1 rings (SSSR count). The molecule has 0 heterocycles. The van der Waals surface area contributed by atoms with Gasteiger partial charge >= 0.3 is 0 Å². The first-order valence-corrected chi connectivity index (χ1v) is 7.79. The normalized spacial score (nSPS) is 27.1. The Balaban J connectivity index is 2.43. The summed E-state index contributed by atoms with van der Waals surface area (Å²) in [6.45, 7) is 2.01. The summed E-state index contributed by atoms with van der Waals surface area (Å²) in [6.07, 6.45) is 9.12. The highest BCUT2D eigenvalue weighted by Crippen LogP contribution is 2.32. The summed E-state index contributed by atoms with van der Waals surface area (Å²) in [5.41, 5.74) is 0. The molecular formula is C12H19BrOS. The van der Waals surface area contributed by atoms with Crippen LogP contribution in [0.5, 0.6) is 0 Å². The number of allylic oxidation sites excluding steroid dienone is 1. The van der Waals surface area contributed by atoms with Crippen LogP contribution in [-0.4, -0.2) is 16.2 Å². The molecule has 0 bridgehead atoms.